The van der Waals surface area contributed by atoms with Gasteiger partial charge in [-0.05, 0) is 31.6 Å². The minimum absolute atomic E-state index is 1.05. The number of hydrogen-bond acceptors (Lipinski definition) is 1. The molecule has 0 aromatic carbocycles. The van der Waals surface area contributed by atoms with Gasteiger partial charge in [0.15, 0.2) is 0 Å². The zero-order valence-corrected chi connectivity index (χ0v) is 10.5. The number of nitrogens with zero attached hydrogens (tertiary/aromatic N) is 3. The van der Waals surface area contributed by atoms with Gasteiger partial charge in [-0.25, -0.2) is 0 Å². The highest BCUT2D eigenvalue weighted by molar-refractivity contribution is 5.70. The van der Waals surface area contributed by atoms with E-state index in [0.717, 1.165) is 22.5 Å². The average molecular weight is 227 g/mol. The largest absolute Gasteiger partial charge is 0.317 e. The van der Waals surface area contributed by atoms with Gasteiger partial charge in [-0.1, -0.05) is 12.7 Å². The van der Waals surface area contributed by atoms with E-state index in [9.17, 15) is 0 Å². The first-order valence-electron chi connectivity index (χ1n) is 5.62. The molecule has 2 rings (SSSR count). The van der Waals surface area contributed by atoms with E-state index in [2.05, 4.69) is 28.4 Å². The van der Waals surface area contributed by atoms with Crippen LogP contribution in [0.3, 0.4) is 0 Å². The SMILES string of the molecule is C=C(C)c1ccc(-c2cnn(C)c2)n1/C=C\C. The van der Waals surface area contributed by atoms with Gasteiger partial charge in [-0.3, -0.25) is 4.68 Å². The first kappa shape index (κ1) is 11.5. The minimum Gasteiger partial charge on any atom is -0.317 e. The lowest BCUT2D eigenvalue weighted by Gasteiger charge is -2.07. The third-order valence-electron chi connectivity index (χ3n) is 2.65. The van der Waals surface area contributed by atoms with E-state index >= 15 is 0 Å². The number of allylic oxidation sites excluding steroid dienone is 2. The van der Waals surface area contributed by atoms with E-state index in [1.165, 1.54) is 0 Å². The van der Waals surface area contributed by atoms with Gasteiger partial charge in [0.25, 0.3) is 0 Å². The molecule has 88 valence electrons. The summed E-state index contributed by atoms with van der Waals surface area (Å²) < 4.78 is 3.95. The number of aromatic nitrogens is 3. The van der Waals surface area contributed by atoms with Crippen LogP contribution < -0.4 is 0 Å². The van der Waals surface area contributed by atoms with Crippen molar-refractivity contribution in [3.63, 3.8) is 0 Å². The lowest BCUT2D eigenvalue weighted by molar-refractivity contribution is 0.768. The van der Waals surface area contributed by atoms with Crippen molar-refractivity contribution in [1.82, 2.24) is 14.3 Å². The topological polar surface area (TPSA) is 22.8 Å². The molecule has 2 aromatic rings. The fourth-order valence-corrected chi connectivity index (χ4v) is 1.89. The molecule has 0 fully saturated rings. The van der Waals surface area contributed by atoms with Gasteiger partial charge in [0.1, 0.15) is 0 Å². The van der Waals surface area contributed by atoms with E-state index in [4.69, 9.17) is 0 Å². The standard InChI is InChI=1S/C14H17N3/c1-5-8-17-13(11(2)3)6-7-14(17)12-9-15-16(4)10-12/h5-10H,2H2,1,3-4H3/b8-5-. The zero-order chi connectivity index (χ0) is 12.4. The normalized spacial score (nSPS) is 11.2. The maximum absolute atomic E-state index is 4.21. The second kappa shape index (κ2) is 4.45. The molecule has 0 unspecified atom stereocenters. The van der Waals surface area contributed by atoms with Crippen LogP contribution in [0.2, 0.25) is 0 Å². The third-order valence-corrected chi connectivity index (χ3v) is 2.65. The lowest BCUT2D eigenvalue weighted by atomic mass is 10.2. The Balaban J connectivity index is 2.58. The molecule has 0 N–H and O–H groups in total. The summed E-state index contributed by atoms with van der Waals surface area (Å²) in [4.78, 5) is 0. The predicted octanol–water partition coefficient (Wildman–Crippen LogP) is 3.41. The third kappa shape index (κ3) is 2.09. The van der Waals surface area contributed by atoms with Crippen molar-refractivity contribution in [3.05, 3.63) is 42.9 Å². The molecule has 0 aliphatic heterocycles. The van der Waals surface area contributed by atoms with Crippen LogP contribution in [0.4, 0.5) is 0 Å². The molecule has 0 atom stereocenters. The highest BCUT2D eigenvalue weighted by Crippen LogP contribution is 2.25. The smallest absolute Gasteiger partial charge is 0.0583 e. The molecule has 0 saturated carbocycles. The second-order valence-electron chi connectivity index (χ2n) is 4.14. The van der Waals surface area contributed by atoms with Gasteiger partial charge in [0, 0.05) is 30.7 Å². The highest BCUT2D eigenvalue weighted by atomic mass is 15.2. The van der Waals surface area contributed by atoms with Gasteiger partial charge in [0.2, 0.25) is 0 Å². The fourth-order valence-electron chi connectivity index (χ4n) is 1.89. The summed E-state index contributed by atoms with van der Waals surface area (Å²) in [5, 5.41) is 4.21. The Morgan fingerprint density at radius 2 is 2.18 bits per heavy atom. The first-order chi connectivity index (χ1) is 8.13. The van der Waals surface area contributed by atoms with Gasteiger partial charge < -0.3 is 4.57 Å². The second-order valence-corrected chi connectivity index (χ2v) is 4.14. The maximum atomic E-state index is 4.21. The zero-order valence-electron chi connectivity index (χ0n) is 10.5. The van der Waals surface area contributed by atoms with Gasteiger partial charge in [-0.15, -0.1) is 0 Å². The van der Waals surface area contributed by atoms with Gasteiger partial charge in [-0.2, -0.15) is 5.10 Å². The molecule has 17 heavy (non-hydrogen) atoms. The van der Waals surface area contributed by atoms with Gasteiger partial charge >= 0.3 is 0 Å². The Kier molecular flexibility index (Phi) is 3.00. The van der Waals surface area contributed by atoms with Crippen molar-refractivity contribution in [1.29, 1.82) is 0 Å². The molecular weight excluding hydrogens is 210 g/mol. The Hall–Kier alpha value is -2.03. The van der Waals surface area contributed by atoms with Crippen molar-refractivity contribution in [2.45, 2.75) is 13.8 Å². The summed E-state index contributed by atoms with van der Waals surface area (Å²) in [6, 6.07) is 4.19. The first-order valence-corrected chi connectivity index (χ1v) is 5.62. The average Bonchev–Trinajstić information content (AvgIpc) is 2.85. The molecule has 0 bridgehead atoms. The molecule has 0 spiro atoms. The Morgan fingerprint density at radius 1 is 1.41 bits per heavy atom. The van der Waals surface area contributed by atoms with Crippen LogP contribution in [0.15, 0.2) is 37.2 Å². The summed E-state index contributed by atoms with van der Waals surface area (Å²) in [5.74, 6) is 0. The molecule has 3 heteroatoms. The van der Waals surface area contributed by atoms with E-state index in [1.54, 1.807) is 0 Å². The van der Waals surface area contributed by atoms with Crippen LogP contribution in [-0.2, 0) is 7.05 Å². The summed E-state index contributed by atoms with van der Waals surface area (Å²) in [6.07, 6.45) is 7.95. The van der Waals surface area contributed by atoms with Crippen LogP contribution in [0.1, 0.15) is 19.5 Å². The van der Waals surface area contributed by atoms with E-state index in [-0.39, 0.29) is 0 Å². The predicted molar refractivity (Wildman–Crippen MR) is 72.3 cm³/mol. The van der Waals surface area contributed by atoms with Crippen LogP contribution in [0.5, 0.6) is 0 Å². The molecule has 3 nitrogen and oxygen atoms in total. The number of hydrogen-bond donors (Lipinski definition) is 0. The van der Waals surface area contributed by atoms with Crippen LogP contribution in [0, 0.1) is 0 Å². The van der Waals surface area contributed by atoms with Gasteiger partial charge in [0.05, 0.1) is 11.9 Å². The number of rotatable bonds is 3. The molecule has 0 aliphatic carbocycles. The summed E-state index contributed by atoms with van der Waals surface area (Å²) in [5.41, 5.74) is 4.42. The Labute approximate surface area is 102 Å². The van der Waals surface area contributed by atoms with E-state index in [1.807, 2.05) is 50.2 Å². The van der Waals surface area contributed by atoms with Crippen molar-refractivity contribution in [2.75, 3.05) is 0 Å². The molecule has 0 aliphatic rings. The van der Waals surface area contributed by atoms with Crippen LogP contribution in [-0.4, -0.2) is 14.3 Å². The summed E-state index contributed by atoms with van der Waals surface area (Å²) in [7, 11) is 1.92. The quantitative estimate of drug-likeness (QED) is 0.788. The molecule has 0 amide bonds. The van der Waals surface area contributed by atoms with Crippen LogP contribution in [0.25, 0.3) is 23.0 Å². The molecule has 2 heterocycles. The van der Waals surface area contributed by atoms with Crippen molar-refractivity contribution in [2.24, 2.45) is 7.05 Å². The molecule has 0 saturated heterocycles. The summed E-state index contributed by atoms with van der Waals surface area (Å²) in [6.45, 7) is 8.03. The van der Waals surface area contributed by atoms with E-state index in [0.29, 0.717) is 0 Å². The maximum Gasteiger partial charge on any atom is 0.0583 e. The van der Waals surface area contributed by atoms with Crippen molar-refractivity contribution < 1.29 is 0 Å². The summed E-state index contributed by atoms with van der Waals surface area (Å²) >= 11 is 0. The highest BCUT2D eigenvalue weighted by Gasteiger charge is 2.09. The van der Waals surface area contributed by atoms with Crippen molar-refractivity contribution >= 4 is 11.8 Å². The number of aryl methyl sites for hydroxylation is 1. The van der Waals surface area contributed by atoms with E-state index < -0.39 is 0 Å². The monoisotopic (exact) mass is 227 g/mol. The minimum atomic E-state index is 1.05. The Morgan fingerprint density at radius 3 is 2.71 bits per heavy atom. The lowest BCUT2D eigenvalue weighted by Crippen LogP contribution is -1.94. The van der Waals surface area contributed by atoms with Crippen molar-refractivity contribution in [3.8, 4) is 11.3 Å². The fraction of sp³-hybridized carbons (Fsp3) is 0.214. The molecule has 0 radical (unpaired) electrons. The van der Waals surface area contributed by atoms with Crippen LogP contribution >= 0.6 is 0 Å². The molecular formula is C14H17N3. The Bertz CT molecular complexity index is 570. The molecule has 2 aromatic heterocycles.